The van der Waals surface area contributed by atoms with E-state index in [1.54, 1.807) is 18.0 Å². The van der Waals surface area contributed by atoms with Crippen molar-refractivity contribution in [3.8, 4) is 5.88 Å². The smallest absolute Gasteiger partial charge is 0.237 e. The molecule has 2 aromatic rings. The molecule has 2 heterocycles. The van der Waals surface area contributed by atoms with Crippen LogP contribution in [0.3, 0.4) is 0 Å². The number of hydrogen-bond acceptors (Lipinski definition) is 4. The first-order valence-electron chi connectivity index (χ1n) is 6.97. The lowest BCUT2D eigenvalue weighted by Gasteiger charge is -2.11. The van der Waals surface area contributed by atoms with E-state index in [1.807, 2.05) is 25.4 Å². The summed E-state index contributed by atoms with van der Waals surface area (Å²) < 4.78 is 6.86. The number of pyridine rings is 1. The van der Waals surface area contributed by atoms with Crippen LogP contribution in [-0.4, -0.2) is 27.8 Å². The number of amides is 1. The van der Waals surface area contributed by atoms with Gasteiger partial charge in [-0.2, -0.15) is 0 Å². The molecule has 0 saturated heterocycles. The summed E-state index contributed by atoms with van der Waals surface area (Å²) in [6, 6.07) is 3.96. The molecule has 0 bridgehead atoms. The summed E-state index contributed by atoms with van der Waals surface area (Å²) in [5.41, 5.74) is 2.96. The van der Waals surface area contributed by atoms with Crippen molar-refractivity contribution in [3.63, 3.8) is 0 Å². The number of fused-ring (bicyclic) bond motifs is 1. The molecular weight excluding hydrogens is 268 g/mol. The Morgan fingerprint density at radius 1 is 1.57 bits per heavy atom. The molecule has 0 aromatic carbocycles. The number of carbonyl (C=O) groups is 1. The molecule has 0 spiro atoms. The number of aryl methyl sites for hydroxylation is 2. The Bertz CT molecular complexity index is 665. The van der Waals surface area contributed by atoms with Gasteiger partial charge >= 0.3 is 0 Å². The molecule has 2 aromatic heterocycles. The fourth-order valence-electron chi connectivity index (χ4n) is 2.78. The van der Waals surface area contributed by atoms with Crippen LogP contribution >= 0.6 is 0 Å². The number of ether oxygens (including phenoxy) is 1. The van der Waals surface area contributed by atoms with E-state index in [0.717, 1.165) is 24.1 Å². The molecule has 0 fully saturated rings. The predicted molar refractivity (Wildman–Crippen MR) is 76.9 cm³/mol. The number of hydrogen-bond donors (Lipinski definition) is 1. The molecule has 6 nitrogen and oxygen atoms in total. The first-order valence-corrected chi connectivity index (χ1v) is 6.97. The van der Waals surface area contributed by atoms with Gasteiger partial charge in [-0.15, -0.1) is 5.10 Å². The van der Waals surface area contributed by atoms with Gasteiger partial charge in [-0.05, 0) is 24.5 Å². The maximum Gasteiger partial charge on any atom is 0.237 e. The average molecular weight is 286 g/mol. The Hall–Kier alpha value is -2.37. The number of methoxy groups -OCH3 is 1. The largest absolute Gasteiger partial charge is 0.480 e. The Morgan fingerprint density at radius 3 is 3.24 bits per heavy atom. The SMILES string of the molecule is COc1nn(C)cc1CNC(=O)[C@@H]1CCc2cccnc21. The summed E-state index contributed by atoms with van der Waals surface area (Å²) in [5.74, 6) is 0.407. The molecule has 21 heavy (non-hydrogen) atoms. The highest BCUT2D eigenvalue weighted by Gasteiger charge is 2.29. The predicted octanol–water partition coefficient (Wildman–Crippen LogP) is 1.17. The highest BCUT2D eigenvalue weighted by molar-refractivity contribution is 5.84. The van der Waals surface area contributed by atoms with Crippen LogP contribution in [0.4, 0.5) is 0 Å². The first-order chi connectivity index (χ1) is 10.2. The summed E-state index contributed by atoms with van der Waals surface area (Å²) in [7, 11) is 3.40. The van der Waals surface area contributed by atoms with E-state index < -0.39 is 0 Å². The van der Waals surface area contributed by atoms with Gasteiger partial charge < -0.3 is 10.1 Å². The highest BCUT2D eigenvalue weighted by atomic mass is 16.5. The summed E-state index contributed by atoms with van der Waals surface area (Å²) >= 11 is 0. The summed E-state index contributed by atoms with van der Waals surface area (Å²) in [5, 5.41) is 7.13. The van der Waals surface area contributed by atoms with Gasteiger partial charge in [0.15, 0.2) is 0 Å². The minimum absolute atomic E-state index is 0.0124. The van der Waals surface area contributed by atoms with Gasteiger partial charge in [0.1, 0.15) is 0 Å². The minimum Gasteiger partial charge on any atom is -0.480 e. The van der Waals surface area contributed by atoms with Crippen molar-refractivity contribution in [1.82, 2.24) is 20.1 Å². The molecular formula is C15H18N4O2. The average Bonchev–Trinajstić information content (AvgIpc) is 3.07. The quantitative estimate of drug-likeness (QED) is 0.916. The van der Waals surface area contributed by atoms with Gasteiger partial charge in [0.2, 0.25) is 11.8 Å². The van der Waals surface area contributed by atoms with Crippen molar-refractivity contribution in [1.29, 1.82) is 0 Å². The van der Waals surface area contributed by atoms with Gasteiger partial charge in [0.05, 0.1) is 24.3 Å². The van der Waals surface area contributed by atoms with Crippen LogP contribution in [0, 0.1) is 0 Å². The Labute approximate surface area is 123 Å². The number of nitrogens with zero attached hydrogens (tertiary/aromatic N) is 3. The Morgan fingerprint density at radius 2 is 2.43 bits per heavy atom. The molecule has 1 aliphatic rings. The molecule has 1 atom stereocenters. The second-order valence-corrected chi connectivity index (χ2v) is 5.19. The molecule has 1 amide bonds. The van der Waals surface area contributed by atoms with Crippen molar-refractivity contribution >= 4 is 5.91 Å². The molecule has 0 unspecified atom stereocenters. The van der Waals surface area contributed by atoms with Gasteiger partial charge in [-0.25, -0.2) is 0 Å². The van der Waals surface area contributed by atoms with E-state index in [0.29, 0.717) is 12.4 Å². The summed E-state index contributed by atoms with van der Waals surface area (Å²) in [6.07, 6.45) is 5.33. The van der Waals surface area contributed by atoms with Gasteiger partial charge in [0, 0.05) is 26.0 Å². The maximum absolute atomic E-state index is 12.4. The molecule has 1 N–H and O–H groups in total. The van der Waals surface area contributed by atoms with Crippen molar-refractivity contribution < 1.29 is 9.53 Å². The monoisotopic (exact) mass is 286 g/mol. The maximum atomic E-state index is 12.4. The fraction of sp³-hybridized carbons (Fsp3) is 0.400. The highest BCUT2D eigenvalue weighted by Crippen LogP contribution is 2.31. The van der Waals surface area contributed by atoms with E-state index >= 15 is 0 Å². The lowest BCUT2D eigenvalue weighted by Crippen LogP contribution is -2.28. The molecule has 0 radical (unpaired) electrons. The Balaban J connectivity index is 1.68. The standard InChI is InChI=1S/C15H18N4O2/c1-19-9-11(15(18-19)21-2)8-17-14(20)12-6-5-10-4-3-7-16-13(10)12/h3-4,7,9,12H,5-6,8H2,1-2H3,(H,17,20)/t12-/m1/s1. The van der Waals surface area contributed by atoms with Crippen LogP contribution in [0.15, 0.2) is 24.5 Å². The molecule has 6 heteroatoms. The van der Waals surface area contributed by atoms with Gasteiger partial charge in [-0.1, -0.05) is 6.07 Å². The lowest BCUT2D eigenvalue weighted by molar-refractivity contribution is -0.122. The van der Waals surface area contributed by atoms with Crippen LogP contribution in [-0.2, 0) is 24.8 Å². The lowest BCUT2D eigenvalue weighted by atomic mass is 10.1. The third kappa shape index (κ3) is 2.61. The molecule has 0 aliphatic heterocycles. The zero-order chi connectivity index (χ0) is 14.8. The first kappa shape index (κ1) is 13.6. The summed E-state index contributed by atoms with van der Waals surface area (Å²) in [4.78, 5) is 16.7. The fourth-order valence-corrected chi connectivity index (χ4v) is 2.78. The van der Waals surface area contributed by atoms with E-state index in [1.165, 1.54) is 5.56 Å². The van der Waals surface area contributed by atoms with Crippen molar-refractivity contribution in [2.45, 2.75) is 25.3 Å². The second kappa shape index (κ2) is 5.55. The van der Waals surface area contributed by atoms with Gasteiger partial charge in [0.25, 0.3) is 0 Å². The van der Waals surface area contributed by atoms with Crippen LogP contribution in [0.1, 0.15) is 29.2 Å². The van der Waals surface area contributed by atoms with Crippen molar-refractivity contribution in [3.05, 3.63) is 41.3 Å². The Kier molecular flexibility index (Phi) is 3.60. The molecule has 110 valence electrons. The van der Waals surface area contributed by atoms with Crippen LogP contribution in [0.5, 0.6) is 5.88 Å². The second-order valence-electron chi connectivity index (χ2n) is 5.19. The van der Waals surface area contributed by atoms with Crippen molar-refractivity contribution in [2.75, 3.05) is 7.11 Å². The number of aromatic nitrogens is 3. The topological polar surface area (TPSA) is 69.0 Å². The van der Waals surface area contributed by atoms with E-state index in [9.17, 15) is 4.79 Å². The van der Waals surface area contributed by atoms with Gasteiger partial charge in [-0.3, -0.25) is 14.5 Å². The zero-order valence-corrected chi connectivity index (χ0v) is 12.2. The van der Waals surface area contributed by atoms with Crippen molar-refractivity contribution in [2.24, 2.45) is 7.05 Å². The number of nitrogens with one attached hydrogen (secondary N) is 1. The number of rotatable bonds is 4. The minimum atomic E-state index is -0.149. The van der Waals surface area contributed by atoms with Crippen LogP contribution < -0.4 is 10.1 Å². The van der Waals surface area contributed by atoms with Crippen LogP contribution in [0.25, 0.3) is 0 Å². The third-order valence-corrected chi connectivity index (χ3v) is 3.79. The summed E-state index contributed by atoms with van der Waals surface area (Å²) in [6.45, 7) is 0.411. The molecule has 3 rings (SSSR count). The molecule has 0 saturated carbocycles. The van der Waals surface area contributed by atoms with Crippen LogP contribution in [0.2, 0.25) is 0 Å². The zero-order valence-electron chi connectivity index (χ0n) is 12.2. The van der Waals surface area contributed by atoms with E-state index in [2.05, 4.69) is 15.4 Å². The normalized spacial score (nSPS) is 16.6. The number of carbonyl (C=O) groups excluding carboxylic acids is 1. The molecule has 1 aliphatic carbocycles. The van der Waals surface area contributed by atoms with E-state index in [4.69, 9.17) is 4.74 Å². The third-order valence-electron chi connectivity index (χ3n) is 3.79. The van der Waals surface area contributed by atoms with E-state index in [-0.39, 0.29) is 11.8 Å².